The maximum atomic E-state index is 11.5. The van der Waals surface area contributed by atoms with Gasteiger partial charge in [-0.2, -0.15) is 0 Å². The number of aryl methyl sites for hydroxylation is 3. The van der Waals surface area contributed by atoms with Crippen molar-refractivity contribution in [3.63, 3.8) is 0 Å². The second-order valence-corrected chi connectivity index (χ2v) is 7.41. The number of hydrogen-bond acceptors (Lipinski definition) is 2. The molecule has 0 radical (unpaired) electrons. The molecule has 1 aliphatic rings. The summed E-state index contributed by atoms with van der Waals surface area (Å²) in [5, 5.41) is 6.24. The summed E-state index contributed by atoms with van der Waals surface area (Å²) in [6.07, 6.45) is 3.74. The highest BCUT2D eigenvalue weighted by Crippen LogP contribution is 2.20. The van der Waals surface area contributed by atoms with Crippen molar-refractivity contribution in [1.29, 1.82) is 0 Å². The minimum absolute atomic E-state index is 0. The molecule has 0 unspecified atom stereocenters. The summed E-state index contributed by atoms with van der Waals surface area (Å²) in [5.74, 6) is 1.61. The Morgan fingerprint density at radius 1 is 1.19 bits per heavy atom. The number of aliphatic imine (C=N–C) groups is 1. The van der Waals surface area contributed by atoms with Gasteiger partial charge < -0.3 is 15.5 Å². The van der Waals surface area contributed by atoms with Crippen LogP contribution in [0.15, 0.2) is 17.1 Å². The molecule has 1 aliphatic heterocycles. The van der Waals surface area contributed by atoms with Crippen molar-refractivity contribution in [1.82, 2.24) is 15.5 Å². The molecule has 2 rings (SSSR count). The number of benzene rings is 1. The molecular weight excluding hydrogens is 451 g/mol. The van der Waals surface area contributed by atoms with Crippen molar-refractivity contribution in [2.75, 3.05) is 33.7 Å². The molecule has 0 saturated carbocycles. The molecule has 1 saturated heterocycles. The van der Waals surface area contributed by atoms with E-state index in [1.807, 2.05) is 7.05 Å². The number of carbonyl (C=O) groups excluding carboxylic acids is 1. The first-order chi connectivity index (χ1) is 12.4. The summed E-state index contributed by atoms with van der Waals surface area (Å²) in [4.78, 5) is 18.3. The van der Waals surface area contributed by atoms with Gasteiger partial charge in [-0.25, -0.2) is 0 Å². The van der Waals surface area contributed by atoms with Gasteiger partial charge in [0, 0.05) is 40.2 Å². The van der Waals surface area contributed by atoms with Crippen molar-refractivity contribution in [3.05, 3.63) is 34.4 Å². The Balaban J connectivity index is 0.00000364. The molecule has 27 heavy (non-hydrogen) atoms. The van der Waals surface area contributed by atoms with Crippen molar-refractivity contribution in [2.45, 2.75) is 46.5 Å². The number of rotatable bonds is 5. The van der Waals surface area contributed by atoms with Gasteiger partial charge in [-0.3, -0.25) is 9.79 Å². The molecule has 0 bridgehead atoms. The topological polar surface area (TPSA) is 56.7 Å². The SMILES string of the molecule is CN=C(NCCc1c(C)cc(C)cc1C)N1CCC(CC(=O)NC)CC1.I. The van der Waals surface area contributed by atoms with E-state index in [1.165, 1.54) is 22.3 Å². The highest BCUT2D eigenvalue weighted by Gasteiger charge is 2.23. The molecule has 1 heterocycles. The standard InChI is InChI=1S/C21H34N4O.HI/c1-15-12-16(2)19(17(3)13-15)6-9-24-21(23-5)25-10-7-18(8-11-25)14-20(26)22-4;/h12-13,18H,6-11,14H2,1-5H3,(H,22,26)(H,23,24);1H. The molecule has 0 spiro atoms. The molecule has 0 aromatic heterocycles. The summed E-state index contributed by atoms with van der Waals surface area (Å²) >= 11 is 0. The van der Waals surface area contributed by atoms with Crippen LogP contribution in [0.3, 0.4) is 0 Å². The minimum Gasteiger partial charge on any atom is -0.359 e. The molecule has 2 N–H and O–H groups in total. The van der Waals surface area contributed by atoms with Gasteiger partial charge in [0.25, 0.3) is 0 Å². The van der Waals surface area contributed by atoms with Gasteiger partial charge >= 0.3 is 0 Å². The molecule has 1 aromatic rings. The van der Waals surface area contributed by atoms with Crippen LogP contribution in [0, 0.1) is 26.7 Å². The molecule has 1 amide bonds. The number of halogens is 1. The van der Waals surface area contributed by atoms with Crippen LogP contribution in [-0.4, -0.2) is 50.5 Å². The van der Waals surface area contributed by atoms with E-state index in [-0.39, 0.29) is 29.9 Å². The van der Waals surface area contributed by atoms with Crippen LogP contribution in [-0.2, 0) is 11.2 Å². The van der Waals surface area contributed by atoms with Crippen LogP contribution < -0.4 is 10.6 Å². The number of nitrogens with zero attached hydrogens (tertiary/aromatic N) is 2. The number of likely N-dealkylation sites (tertiary alicyclic amines) is 1. The molecule has 6 heteroatoms. The van der Waals surface area contributed by atoms with Crippen LogP contribution in [0.25, 0.3) is 0 Å². The molecule has 0 aliphatic carbocycles. The van der Waals surface area contributed by atoms with Crippen LogP contribution in [0.4, 0.5) is 0 Å². The number of nitrogens with one attached hydrogen (secondary N) is 2. The van der Waals surface area contributed by atoms with Gasteiger partial charge in [0.2, 0.25) is 5.91 Å². The number of guanidine groups is 1. The summed E-state index contributed by atoms with van der Waals surface area (Å²) in [6, 6.07) is 4.52. The minimum atomic E-state index is 0. The lowest BCUT2D eigenvalue weighted by Gasteiger charge is -2.34. The molecule has 0 atom stereocenters. The molecule has 5 nitrogen and oxygen atoms in total. The predicted molar refractivity (Wildman–Crippen MR) is 124 cm³/mol. The summed E-state index contributed by atoms with van der Waals surface area (Å²) < 4.78 is 0. The zero-order valence-corrected chi connectivity index (χ0v) is 19.7. The molecule has 1 fully saturated rings. The van der Waals surface area contributed by atoms with E-state index < -0.39 is 0 Å². The monoisotopic (exact) mass is 486 g/mol. The normalized spacial score (nSPS) is 15.3. The van der Waals surface area contributed by atoms with Gasteiger partial charge in [0.1, 0.15) is 0 Å². The van der Waals surface area contributed by atoms with Gasteiger partial charge in [-0.05, 0) is 62.6 Å². The number of amides is 1. The van der Waals surface area contributed by atoms with Gasteiger partial charge in [0.15, 0.2) is 5.96 Å². The first kappa shape index (κ1) is 23.7. The molecular formula is C21H35IN4O. The Hall–Kier alpha value is -1.31. The lowest BCUT2D eigenvalue weighted by atomic mass is 9.93. The maximum Gasteiger partial charge on any atom is 0.220 e. The molecule has 1 aromatic carbocycles. The van der Waals surface area contributed by atoms with Crippen LogP contribution >= 0.6 is 24.0 Å². The second-order valence-electron chi connectivity index (χ2n) is 7.41. The van der Waals surface area contributed by atoms with E-state index in [1.54, 1.807) is 7.05 Å². The van der Waals surface area contributed by atoms with E-state index in [2.05, 4.69) is 53.4 Å². The van der Waals surface area contributed by atoms with Crippen LogP contribution in [0.1, 0.15) is 41.5 Å². The van der Waals surface area contributed by atoms with Gasteiger partial charge in [0.05, 0.1) is 0 Å². The summed E-state index contributed by atoms with van der Waals surface area (Å²) in [5.41, 5.74) is 5.50. The Morgan fingerprint density at radius 3 is 2.30 bits per heavy atom. The van der Waals surface area contributed by atoms with Crippen molar-refractivity contribution >= 4 is 35.8 Å². The van der Waals surface area contributed by atoms with E-state index in [4.69, 9.17) is 0 Å². The lowest BCUT2D eigenvalue weighted by molar-refractivity contribution is -0.121. The van der Waals surface area contributed by atoms with Crippen molar-refractivity contribution in [3.8, 4) is 0 Å². The number of hydrogen-bond donors (Lipinski definition) is 2. The Kier molecular flexibility index (Phi) is 10.1. The molecule has 152 valence electrons. The third kappa shape index (κ3) is 6.97. The van der Waals surface area contributed by atoms with Crippen LogP contribution in [0.5, 0.6) is 0 Å². The highest BCUT2D eigenvalue weighted by atomic mass is 127. The first-order valence-electron chi connectivity index (χ1n) is 9.67. The fraction of sp³-hybridized carbons (Fsp3) is 0.619. The lowest BCUT2D eigenvalue weighted by Crippen LogP contribution is -2.46. The quantitative estimate of drug-likeness (QED) is 0.382. The van der Waals surface area contributed by atoms with E-state index in [0.717, 1.165) is 44.9 Å². The Morgan fingerprint density at radius 2 is 1.78 bits per heavy atom. The Labute approximate surface area is 181 Å². The third-order valence-electron chi connectivity index (χ3n) is 5.38. The highest BCUT2D eigenvalue weighted by molar-refractivity contribution is 14.0. The summed E-state index contributed by atoms with van der Waals surface area (Å²) in [6.45, 7) is 9.35. The first-order valence-corrected chi connectivity index (χ1v) is 9.67. The van der Waals surface area contributed by atoms with E-state index in [0.29, 0.717) is 12.3 Å². The zero-order chi connectivity index (χ0) is 19.1. The largest absolute Gasteiger partial charge is 0.359 e. The van der Waals surface area contributed by atoms with E-state index in [9.17, 15) is 4.79 Å². The van der Waals surface area contributed by atoms with Crippen LogP contribution in [0.2, 0.25) is 0 Å². The van der Waals surface area contributed by atoms with E-state index >= 15 is 0 Å². The number of piperidine rings is 1. The number of carbonyl (C=O) groups is 1. The summed E-state index contributed by atoms with van der Waals surface area (Å²) in [7, 11) is 3.56. The van der Waals surface area contributed by atoms with Crippen molar-refractivity contribution < 1.29 is 4.79 Å². The average Bonchev–Trinajstić information content (AvgIpc) is 2.61. The fourth-order valence-electron chi connectivity index (χ4n) is 3.95. The predicted octanol–water partition coefficient (Wildman–Crippen LogP) is 3.20. The second kappa shape index (κ2) is 11.5. The fourth-order valence-corrected chi connectivity index (χ4v) is 3.95. The smallest absolute Gasteiger partial charge is 0.220 e. The van der Waals surface area contributed by atoms with Gasteiger partial charge in [-0.1, -0.05) is 17.7 Å². The van der Waals surface area contributed by atoms with Crippen molar-refractivity contribution in [2.24, 2.45) is 10.9 Å². The third-order valence-corrected chi connectivity index (χ3v) is 5.38. The maximum absolute atomic E-state index is 11.5. The average molecular weight is 486 g/mol. The van der Waals surface area contributed by atoms with Gasteiger partial charge in [-0.15, -0.1) is 24.0 Å². The zero-order valence-electron chi connectivity index (χ0n) is 17.4. The Bertz CT molecular complexity index is 629.